The van der Waals surface area contributed by atoms with Crippen LogP contribution >= 0.6 is 0 Å². The molecule has 4 aromatic rings. The second-order valence-electron chi connectivity index (χ2n) is 6.98. The van der Waals surface area contributed by atoms with Crippen LogP contribution < -0.4 is 5.73 Å². The molecular weight excluding hydrogens is 352 g/mol. The van der Waals surface area contributed by atoms with Gasteiger partial charge in [0.15, 0.2) is 5.82 Å². The molecule has 0 bridgehead atoms. The van der Waals surface area contributed by atoms with E-state index in [1.807, 2.05) is 55.2 Å². The van der Waals surface area contributed by atoms with E-state index in [9.17, 15) is 4.79 Å². The minimum absolute atomic E-state index is 0.454. The first kappa shape index (κ1) is 17.9. The Morgan fingerprint density at radius 2 is 1.96 bits per heavy atom. The molecule has 7 heteroatoms. The molecule has 0 saturated carbocycles. The van der Waals surface area contributed by atoms with Gasteiger partial charge in [0.1, 0.15) is 5.69 Å². The lowest BCUT2D eigenvalue weighted by Gasteiger charge is -2.09. The number of imidazole rings is 1. The molecule has 28 heavy (non-hydrogen) atoms. The smallest absolute Gasteiger partial charge is 0.248 e. The van der Waals surface area contributed by atoms with Gasteiger partial charge in [-0.1, -0.05) is 30.3 Å². The van der Waals surface area contributed by atoms with Crippen molar-refractivity contribution in [3.63, 3.8) is 0 Å². The van der Waals surface area contributed by atoms with Gasteiger partial charge in [-0.3, -0.25) is 9.48 Å². The highest BCUT2D eigenvalue weighted by atomic mass is 16.1. The molecule has 0 saturated heterocycles. The van der Waals surface area contributed by atoms with E-state index in [0.29, 0.717) is 17.1 Å². The summed E-state index contributed by atoms with van der Waals surface area (Å²) in [7, 11) is 4.05. The number of amides is 1. The lowest BCUT2D eigenvalue weighted by atomic mass is 10.1. The van der Waals surface area contributed by atoms with Crippen LogP contribution in [-0.4, -0.2) is 51.2 Å². The van der Waals surface area contributed by atoms with Crippen LogP contribution in [0.2, 0.25) is 0 Å². The number of benzene rings is 2. The predicted octanol–water partition coefficient (Wildman–Crippen LogP) is 2.75. The first-order valence-corrected chi connectivity index (χ1v) is 9.09. The molecule has 142 valence electrons. The van der Waals surface area contributed by atoms with E-state index >= 15 is 0 Å². The van der Waals surface area contributed by atoms with Gasteiger partial charge in [0, 0.05) is 17.5 Å². The topological polar surface area (TPSA) is 92.8 Å². The Labute approximate surface area is 162 Å². The number of hydrogen-bond acceptors (Lipinski definition) is 4. The van der Waals surface area contributed by atoms with Gasteiger partial charge < -0.3 is 15.6 Å². The fourth-order valence-electron chi connectivity index (χ4n) is 3.18. The van der Waals surface area contributed by atoms with Gasteiger partial charge >= 0.3 is 0 Å². The van der Waals surface area contributed by atoms with Crippen molar-refractivity contribution >= 4 is 16.8 Å². The Bertz CT molecular complexity index is 1130. The van der Waals surface area contributed by atoms with Crippen molar-refractivity contribution in [3.8, 4) is 22.8 Å². The summed E-state index contributed by atoms with van der Waals surface area (Å²) in [5.41, 5.74) is 9.55. The van der Waals surface area contributed by atoms with Gasteiger partial charge in [-0.2, -0.15) is 5.10 Å². The zero-order valence-electron chi connectivity index (χ0n) is 15.9. The van der Waals surface area contributed by atoms with Crippen LogP contribution in [0.4, 0.5) is 0 Å². The van der Waals surface area contributed by atoms with Crippen molar-refractivity contribution in [1.82, 2.24) is 24.6 Å². The molecule has 0 spiro atoms. The monoisotopic (exact) mass is 374 g/mol. The number of aromatic nitrogens is 4. The molecule has 0 aliphatic rings. The molecule has 3 N–H and O–H groups in total. The summed E-state index contributed by atoms with van der Waals surface area (Å²) in [6.45, 7) is 1.58. The number of nitrogens with zero attached hydrogens (tertiary/aromatic N) is 4. The van der Waals surface area contributed by atoms with Gasteiger partial charge in [-0.05, 0) is 37.9 Å². The number of nitrogens with one attached hydrogen (secondary N) is 1. The number of carbonyl (C=O) groups excluding carboxylic acids is 1. The predicted molar refractivity (Wildman–Crippen MR) is 110 cm³/mol. The molecule has 1 amide bonds. The molecule has 0 unspecified atom stereocenters. The molecule has 2 heterocycles. The van der Waals surface area contributed by atoms with Gasteiger partial charge in [0.2, 0.25) is 5.91 Å². The standard InChI is InChI=1S/C21H22N6O/c1-26(2)10-11-27-18-9-8-15(20(22)28)12-16(18)19(25-27)21-23-13-17(24-21)14-6-4-3-5-7-14/h3-9,12-13H,10-11H2,1-2H3,(H2,22,28)(H,23,24). The van der Waals surface area contributed by atoms with Crippen LogP contribution in [0.3, 0.4) is 0 Å². The summed E-state index contributed by atoms with van der Waals surface area (Å²) >= 11 is 0. The number of fused-ring (bicyclic) bond motifs is 1. The number of primary amides is 1. The number of aromatic amines is 1. The van der Waals surface area contributed by atoms with Crippen LogP contribution in [0.15, 0.2) is 54.7 Å². The average molecular weight is 374 g/mol. The number of likely N-dealkylation sites (N-methyl/N-ethyl adjacent to an activating group) is 1. The van der Waals surface area contributed by atoms with E-state index in [4.69, 9.17) is 10.8 Å². The lowest BCUT2D eigenvalue weighted by Crippen LogP contribution is -2.19. The third-order valence-electron chi connectivity index (χ3n) is 4.68. The van der Waals surface area contributed by atoms with Gasteiger partial charge in [-0.25, -0.2) is 4.98 Å². The SMILES string of the molecule is CN(C)CCn1nc(-c2ncc(-c3ccccc3)[nH]2)c2cc(C(N)=O)ccc21. The summed E-state index contributed by atoms with van der Waals surface area (Å²) in [5, 5.41) is 5.63. The first-order chi connectivity index (χ1) is 13.5. The number of rotatable bonds is 6. The van der Waals surface area contributed by atoms with Gasteiger partial charge in [-0.15, -0.1) is 0 Å². The Morgan fingerprint density at radius 3 is 2.68 bits per heavy atom. The van der Waals surface area contributed by atoms with Crippen LogP contribution in [0.25, 0.3) is 33.7 Å². The highest BCUT2D eigenvalue weighted by Crippen LogP contribution is 2.29. The maximum absolute atomic E-state index is 11.7. The van der Waals surface area contributed by atoms with Crippen molar-refractivity contribution in [2.75, 3.05) is 20.6 Å². The highest BCUT2D eigenvalue weighted by Gasteiger charge is 2.17. The molecule has 0 aliphatic carbocycles. The maximum atomic E-state index is 11.7. The summed E-state index contributed by atoms with van der Waals surface area (Å²) in [5.74, 6) is 0.201. The Morgan fingerprint density at radius 1 is 1.18 bits per heavy atom. The lowest BCUT2D eigenvalue weighted by molar-refractivity contribution is 0.100. The molecule has 2 aromatic heterocycles. The fraction of sp³-hybridized carbons (Fsp3) is 0.190. The van der Waals surface area contributed by atoms with Crippen molar-refractivity contribution in [2.24, 2.45) is 5.73 Å². The third-order valence-corrected chi connectivity index (χ3v) is 4.68. The van der Waals surface area contributed by atoms with E-state index in [1.54, 1.807) is 18.3 Å². The molecular formula is C21H22N6O. The summed E-state index contributed by atoms with van der Waals surface area (Å²) in [6, 6.07) is 15.4. The van der Waals surface area contributed by atoms with Crippen molar-refractivity contribution < 1.29 is 4.79 Å². The third kappa shape index (κ3) is 3.39. The minimum Gasteiger partial charge on any atom is -0.366 e. The summed E-state index contributed by atoms with van der Waals surface area (Å²) in [6.07, 6.45) is 1.80. The molecule has 7 nitrogen and oxygen atoms in total. The second kappa shape index (κ2) is 7.28. The number of carbonyl (C=O) groups is 1. The Kier molecular flexibility index (Phi) is 4.67. The van der Waals surface area contributed by atoms with Crippen LogP contribution in [0.5, 0.6) is 0 Å². The van der Waals surface area contributed by atoms with Crippen molar-refractivity contribution in [1.29, 1.82) is 0 Å². The van der Waals surface area contributed by atoms with E-state index in [2.05, 4.69) is 14.9 Å². The number of nitrogens with two attached hydrogens (primary N) is 1. The Balaban J connectivity index is 1.82. The minimum atomic E-state index is -0.460. The van der Waals surface area contributed by atoms with Crippen molar-refractivity contribution in [3.05, 3.63) is 60.3 Å². The summed E-state index contributed by atoms with van der Waals surface area (Å²) in [4.78, 5) is 21.7. The molecule has 2 aromatic carbocycles. The van der Waals surface area contributed by atoms with Crippen molar-refractivity contribution in [2.45, 2.75) is 6.54 Å². The molecule has 0 aliphatic heterocycles. The number of H-pyrrole nitrogens is 1. The van der Waals surface area contributed by atoms with E-state index < -0.39 is 5.91 Å². The van der Waals surface area contributed by atoms with E-state index in [1.165, 1.54) is 0 Å². The Hall–Kier alpha value is -3.45. The maximum Gasteiger partial charge on any atom is 0.248 e. The normalized spacial score (nSPS) is 11.4. The molecule has 0 fully saturated rings. The number of hydrogen-bond donors (Lipinski definition) is 2. The summed E-state index contributed by atoms with van der Waals surface area (Å²) < 4.78 is 1.94. The zero-order chi connectivity index (χ0) is 19.7. The largest absolute Gasteiger partial charge is 0.366 e. The average Bonchev–Trinajstić information content (AvgIpc) is 3.31. The quantitative estimate of drug-likeness (QED) is 0.543. The molecule has 0 atom stereocenters. The fourth-order valence-corrected chi connectivity index (χ4v) is 3.18. The van der Waals surface area contributed by atoms with Gasteiger partial charge in [0.05, 0.1) is 24.0 Å². The first-order valence-electron chi connectivity index (χ1n) is 9.09. The molecule has 0 radical (unpaired) electrons. The second-order valence-corrected chi connectivity index (χ2v) is 6.98. The van der Waals surface area contributed by atoms with E-state index in [-0.39, 0.29) is 0 Å². The van der Waals surface area contributed by atoms with Crippen LogP contribution in [-0.2, 0) is 6.54 Å². The zero-order valence-corrected chi connectivity index (χ0v) is 15.9. The highest BCUT2D eigenvalue weighted by molar-refractivity contribution is 6.00. The van der Waals surface area contributed by atoms with Gasteiger partial charge in [0.25, 0.3) is 0 Å². The molecule has 4 rings (SSSR count). The van der Waals surface area contributed by atoms with Crippen LogP contribution in [0.1, 0.15) is 10.4 Å². The van der Waals surface area contributed by atoms with E-state index in [0.717, 1.165) is 35.2 Å². The van der Waals surface area contributed by atoms with Crippen LogP contribution in [0, 0.1) is 0 Å².